The molecule has 0 bridgehead atoms. The topological polar surface area (TPSA) is 57.5 Å². The van der Waals surface area contributed by atoms with E-state index in [0.717, 1.165) is 0 Å². The first kappa shape index (κ1) is 11.4. The highest BCUT2D eigenvalue weighted by atomic mass is 35.5. The van der Waals surface area contributed by atoms with Crippen molar-refractivity contribution in [2.45, 2.75) is 6.42 Å². The highest BCUT2D eigenvalue weighted by molar-refractivity contribution is 6.18. The van der Waals surface area contributed by atoms with Gasteiger partial charge in [0, 0.05) is 17.9 Å². The highest BCUT2D eigenvalue weighted by Gasteiger charge is 2.08. The molecule has 0 aromatic heterocycles. The Balaban J connectivity index is 2.93. The Labute approximate surface area is 92.3 Å². The maximum atomic E-state index is 10.6. The number of carboxylic acids is 1. The molecule has 0 unspecified atom stereocenters. The van der Waals surface area contributed by atoms with Gasteiger partial charge in [-0.25, -0.2) is 4.79 Å². The highest BCUT2D eigenvalue weighted by Crippen LogP contribution is 2.18. The van der Waals surface area contributed by atoms with Crippen LogP contribution < -0.4 is 0 Å². The maximum Gasteiger partial charge on any atom is 0.339 e. The third kappa shape index (κ3) is 3.19. The minimum atomic E-state index is -1.16. The second-order valence-electron chi connectivity index (χ2n) is 2.78. The molecule has 0 aliphatic rings. The smallest absolute Gasteiger partial charge is 0.339 e. The number of alkyl halides is 1. The Hall–Kier alpha value is -1.66. The van der Waals surface area contributed by atoms with Gasteiger partial charge in [-0.2, -0.15) is 0 Å². The molecule has 0 aliphatic heterocycles. The first-order valence-electron chi connectivity index (χ1n) is 4.26. The Morgan fingerprint density at radius 1 is 1.47 bits per heavy atom. The molecule has 1 rings (SSSR count). The normalized spacial score (nSPS) is 9.13. The summed E-state index contributed by atoms with van der Waals surface area (Å²) >= 11 is 5.44. The largest absolute Gasteiger partial charge is 0.507 e. The molecule has 0 spiro atoms. The molecule has 0 heterocycles. The van der Waals surface area contributed by atoms with Gasteiger partial charge in [0.1, 0.15) is 11.3 Å². The fourth-order valence-electron chi connectivity index (χ4n) is 1.00. The molecular weight excluding hydrogens is 216 g/mol. The van der Waals surface area contributed by atoms with Crippen molar-refractivity contribution >= 4 is 17.6 Å². The summed E-state index contributed by atoms with van der Waals surface area (Å²) < 4.78 is 0. The number of hydrogen-bond donors (Lipinski definition) is 2. The van der Waals surface area contributed by atoms with E-state index in [4.69, 9.17) is 16.7 Å². The van der Waals surface area contributed by atoms with Crippen molar-refractivity contribution in [1.82, 2.24) is 0 Å². The summed E-state index contributed by atoms with van der Waals surface area (Å²) in [6.07, 6.45) is 0.559. The number of carbonyl (C=O) groups is 1. The Morgan fingerprint density at radius 2 is 2.20 bits per heavy atom. The van der Waals surface area contributed by atoms with E-state index in [1.165, 1.54) is 12.1 Å². The Bertz CT molecular complexity index is 429. The van der Waals surface area contributed by atoms with Crippen LogP contribution in [0.2, 0.25) is 0 Å². The van der Waals surface area contributed by atoms with Crippen LogP contribution in [0.3, 0.4) is 0 Å². The second-order valence-corrected chi connectivity index (χ2v) is 3.16. The van der Waals surface area contributed by atoms with Crippen molar-refractivity contribution in [3.8, 4) is 17.6 Å². The minimum absolute atomic E-state index is 0.127. The van der Waals surface area contributed by atoms with Gasteiger partial charge < -0.3 is 10.2 Å². The van der Waals surface area contributed by atoms with Gasteiger partial charge in [0.15, 0.2) is 0 Å². The molecule has 78 valence electrons. The molecule has 0 saturated carbocycles. The molecule has 4 heteroatoms. The summed E-state index contributed by atoms with van der Waals surface area (Å²) in [5.41, 5.74) is 0.445. The molecule has 0 atom stereocenters. The van der Waals surface area contributed by atoms with Crippen LogP contribution in [0.4, 0.5) is 0 Å². The second kappa shape index (κ2) is 5.28. The molecule has 0 aliphatic carbocycles. The van der Waals surface area contributed by atoms with Crippen LogP contribution in [-0.4, -0.2) is 22.1 Å². The predicted molar refractivity (Wildman–Crippen MR) is 57.3 cm³/mol. The van der Waals surface area contributed by atoms with Crippen molar-refractivity contribution in [2.75, 3.05) is 5.88 Å². The van der Waals surface area contributed by atoms with Crippen LogP contribution in [-0.2, 0) is 0 Å². The fourth-order valence-corrected chi connectivity index (χ4v) is 1.10. The van der Waals surface area contributed by atoms with Crippen LogP contribution in [0.5, 0.6) is 5.75 Å². The quantitative estimate of drug-likeness (QED) is 0.597. The van der Waals surface area contributed by atoms with Gasteiger partial charge in [0.2, 0.25) is 0 Å². The first-order valence-corrected chi connectivity index (χ1v) is 4.79. The molecule has 1 aromatic rings. The molecule has 0 radical (unpaired) electrons. The first-order chi connectivity index (χ1) is 7.15. The van der Waals surface area contributed by atoms with Crippen LogP contribution >= 0.6 is 11.6 Å². The zero-order chi connectivity index (χ0) is 11.3. The van der Waals surface area contributed by atoms with Gasteiger partial charge >= 0.3 is 5.97 Å². The van der Waals surface area contributed by atoms with Crippen molar-refractivity contribution in [2.24, 2.45) is 0 Å². The number of aromatic carboxylic acids is 1. The maximum absolute atomic E-state index is 10.6. The fraction of sp³-hybridized carbons (Fsp3) is 0.182. The Kier molecular flexibility index (Phi) is 4.02. The van der Waals surface area contributed by atoms with E-state index in [1.54, 1.807) is 6.07 Å². The van der Waals surface area contributed by atoms with Crippen molar-refractivity contribution in [3.63, 3.8) is 0 Å². The number of rotatable bonds is 2. The van der Waals surface area contributed by atoms with Gasteiger partial charge in [-0.05, 0) is 18.2 Å². The summed E-state index contributed by atoms with van der Waals surface area (Å²) in [5, 5.41) is 18.0. The van der Waals surface area contributed by atoms with E-state index < -0.39 is 5.97 Å². The number of aromatic hydroxyl groups is 1. The van der Waals surface area contributed by atoms with Gasteiger partial charge in [-0.1, -0.05) is 11.8 Å². The number of carboxylic acid groups (broad SMARTS) is 1. The lowest BCUT2D eigenvalue weighted by Gasteiger charge is -1.98. The van der Waals surface area contributed by atoms with Crippen molar-refractivity contribution < 1.29 is 15.0 Å². The van der Waals surface area contributed by atoms with Crippen LogP contribution in [0.15, 0.2) is 18.2 Å². The summed E-state index contributed by atoms with van der Waals surface area (Å²) in [6.45, 7) is 0. The number of halogens is 1. The van der Waals surface area contributed by atoms with Crippen LogP contribution in [0.1, 0.15) is 22.3 Å². The molecule has 1 aromatic carbocycles. The molecule has 0 amide bonds. The van der Waals surface area contributed by atoms with Crippen LogP contribution in [0.25, 0.3) is 0 Å². The lowest BCUT2D eigenvalue weighted by molar-refractivity contribution is 0.0694. The monoisotopic (exact) mass is 224 g/mol. The third-order valence-corrected chi connectivity index (χ3v) is 1.87. The zero-order valence-electron chi connectivity index (χ0n) is 7.83. The average molecular weight is 225 g/mol. The van der Waals surface area contributed by atoms with E-state index in [1.807, 2.05) is 0 Å². The molecular formula is C11H9ClO3. The SMILES string of the molecule is O=C(O)c1ccc(C#CCCCl)cc1O. The molecule has 0 fully saturated rings. The lowest BCUT2D eigenvalue weighted by Crippen LogP contribution is -1.96. The average Bonchev–Trinajstić information content (AvgIpc) is 2.17. The van der Waals surface area contributed by atoms with Gasteiger partial charge in [0.25, 0.3) is 0 Å². The summed E-state index contributed by atoms with van der Waals surface area (Å²) in [4.78, 5) is 10.6. The standard InChI is InChI=1S/C11H9ClO3/c12-6-2-1-3-8-4-5-9(11(14)15)10(13)7-8/h4-5,7,13H,2,6H2,(H,14,15). The van der Waals surface area contributed by atoms with E-state index in [2.05, 4.69) is 11.8 Å². The van der Waals surface area contributed by atoms with E-state index in [0.29, 0.717) is 17.9 Å². The Morgan fingerprint density at radius 3 is 2.73 bits per heavy atom. The summed E-state index contributed by atoms with van der Waals surface area (Å²) in [6, 6.07) is 4.19. The molecule has 2 N–H and O–H groups in total. The van der Waals surface area contributed by atoms with Crippen LogP contribution in [0, 0.1) is 11.8 Å². The molecule has 0 saturated heterocycles. The van der Waals surface area contributed by atoms with Gasteiger partial charge in [-0.15, -0.1) is 11.6 Å². The third-order valence-electron chi connectivity index (χ3n) is 1.68. The molecule has 15 heavy (non-hydrogen) atoms. The minimum Gasteiger partial charge on any atom is -0.507 e. The molecule has 3 nitrogen and oxygen atoms in total. The lowest BCUT2D eigenvalue weighted by atomic mass is 10.1. The van der Waals surface area contributed by atoms with E-state index >= 15 is 0 Å². The zero-order valence-corrected chi connectivity index (χ0v) is 8.58. The number of phenols is 1. The summed E-state index contributed by atoms with van der Waals surface area (Å²) in [7, 11) is 0. The van der Waals surface area contributed by atoms with E-state index in [9.17, 15) is 9.90 Å². The van der Waals surface area contributed by atoms with Gasteiger partial charge in [-0.3, -0.25) is 0 Å². The number of hydrogen-bond acceptors (Lipinski definition) is 2. The predicted octanol–water partition coefficient (Wildman–Crippen LogP) is 2.07. The van der Waals surface area contributed by atoms with Crippen molar-refractivity contribution in [1.29, 1.82) is 0 Å². The van der Waals surface area contributed by atoms with Gasteiger partial charge in [0.05, 0.1) is 0 Å². The van der Waals surface area contributed by atoms with Crippen molar-refractivity contribution in [3.05, 3.63) is 29.3 Å². The summed E-state index contributed by atoms with van der Waals surface area (Å²) in [5.74, 6) is 4.57. The number of benzene rings is 1. The van der Waals surface area contributed by atoms with E-state index in [-0.39, 0.29) is 11.3 Å².